The van der Waals surface area contributed by atoms with Crippen LogP contribution in [0.25, 0.3) is 10.9 Å². The maximum atomic E-state index is 14.9. The molecule has 3 atom stereocenters. The first-order valence-corrected chi connectivity index (χ1v) is 11.9. The van der Waals surface area contributed by atoms with Crippen LogP contribution in [0, 0.1) is 12.7 Å². The molecule has 0 radical (unpaired) electrons. The lowest BCUT2D eigenvalue weighted by atomic mass is 9.73. The molecule has 4 aliphatic rings. The van der Waals surface area contributed by atoms with Gasteiger partial charge in [0.2, 0.25) is 0 Å². The summed E-state index contributed by atoms with van der Waals surface area (Å²) < 4.78 is 20.1. The summed E-state index contributed by atoms with van der Waals surface area (Å²) in [5, 5.41) is 15.6. The Hall–Kier alpha value is -2.84. The standard InChI is InChI=1S/C26H28FN3O4/c1-5-26(33)16-9-25(3)22-14(10-30(25)23(31)15(16)11-34-24(26)32)21-18(28-4)7-6-13-12(2)17(27)8-19(29-22)20(13)21/h8,18,28,33H,5-7,9-11H2,1-4H3/t18-,25?,26-/m0/s1. The Kier molecular flexibility index (Phi) is 4.37. The van der Waals surface area contributed by atoms with Gasteiger partial charge in [0.1, 0.15) is 12.4 Å². The van der Waals surface area contributed by atoms with Crippen molar-refractivity contribution < 1.29 is 23.8 Å². The van der Waals surface area contributed by atoms with E-state index in [4.69, 9.17) is 9.72 Å². The van der Waals surface area contributed by atoms with Gasteiger partial charge < -0.3 is 20.1 Å². The molecule has 1 amide bonds. The fourth-order valence-corrected chi connectivity index (χ4v) is 6.63. The Morgan fingerprint density at radius 3 is 2.82 bits per heavy atom. The minimum atomic E-state index is -1.82. The van der Waals surface area contributed by atoms with E-state index in [9.17, 15) is 19.1 Å². The van der Waals surface area contributed by atoms with E-state index in [1.54, 1.807) is 11.8 Å². The lowest BCUT2D eigenvalue weighted by Crippen LogP contribution is -2.56. The lowest BCUT2D eigenvalue weighted by molar-refractivity contribution is -0.166. The molecule has 0 fully saturated rings. The van der Waals surface area contributed by atoms with Crippen LogP contribution in [-0.2, 0) is 32.8 Å². The summed E-state index contributed by atoms with van der Waals surface area (Å²) >= 11 is 0. The SMILES string of the molecule is CC[C@@]1(O)C(=O)OCC2=C1CC1(C)c3nc4cc(F)c(C)c5c4c(c3CN1C2=O)[C@@H](NC)CC5. The van der Waals surface area contributed by atoms with E-state index in [1.165, 1.54) is 6.07 Å². The zero-order valence-electron chi connectivity index (χ0n) is 19.8. The summed E-state index contributed by atoms with van der Waals surface area (Å²) in [5.74, 6) is -1.23. The summed E-state index contributed by atoms with van der Waals surface area (Å²) in [6.45, 7) is 5.71. The average molecular weight is 466 g/mol. The van der Waals surface area contributed by atoms with Crippen molar-refractivity contribution in [2.45, 2.75) is 70.2 Å². The highest BCUT2D eigenvalue weighted by Crippen LogP contribution is 2.53. The van der Waals surface area contributed by atoms with E-state index in [-0.39, 0.29) is 37.2 Å². The number of halogens is 1. The quantitative estimate of drug-likeness (QED) is 0.663. The van der Waals surface area contributed by atoms with Gasteiger partial charge in [0.25, 0.3) is 5.91 Å². The van der Waals surface area contributed by atoms with E-state index >= 15 is 0 Å². The molecule has 0 saturated heterocycles. The number of esters is 1. The van der Waals surface area contributed by atoms with Crippen molar-refractivity contribution in [1.29, 1.82) is 0 Å². The second-order valence-corrected chi connectivity index (χ2v) is 10.2. The Bertz CT molecular complexity index is 1350. The highest BCUT2D eigenvalue weighted by molar-refractivity contribution is 6.01. The number of aryl methyl sites for hydroxylation is 1. The number of pyridine rings is 1. The van der Waals surface area contributed by atoms with Gasteiger partial charge in [-0.15, -0.1) is 0 Å². The number of nitrogens with zero attached hydrogens (tertiary/aromatic N) is 2. The van der Waals surface area contributed by atoms with Crippen LogP contribution in [0.2, 0.25) is 0 Å². The molecular formula is C26H28FN3O4. The van der Waals surface area contributed by atoms with Gasteiger partial charge in [-0.25, -0.2) is 14.2 Å². The Morgan fingerprint density at radius 1 is 1.35 bits per heavy atom. The maximum absolute atomic E-state index is 14.9. The molecule has 0 bridgehead atoms. The summed E-state index contributed by atoms with van der Waals surface area (Å²) in [5.41, 5.74) is 3.16. The highest BCUT2D eigenvalue weighted by atomic mass is 19.1. The number of aromatic nitrogens is 1. The van der Waals surface area contributed by atoms with Crippen molar-refractivity contribution in [2.75, 3.05) is 13.7 Å². The number of cyclic esters (lactones) is 1. The highest BCUT2D eigenvalue weighted by Gasteiger charge is 2.57. The van der Waals surface area contributed by atoms with Crippen molar-refractivity contribution >= 4 is 22.8 Å². The number of rotatable bonds is 2. The first kappa shape index (κ1) is 21.7. The number of nitrogens with one attached hydrogen (secondary N) is 1. The van der Waals surface area contributed by atoms with Crippen LogP contribution >= 0.6 is 0 Å². The molecule has 34 heavy (non-hydrogen) atoms. The maximum Gasteiger partial charge on any atom is 0.342 e. The number of hydrogen-bond acceptors (Lipinski definition) is 6. The number of carbonyl (C=O) groups is 2. The van der Waals surface area contributed by atoms with Crippen LogP contribution < -0.4 is 5.32 Å². The van der Waals surface area contributed by atoms with Gasteiger partial charge in [-0.1, -0.05) is 6.92 Å². The third kappa shape index (κ3) is 2.45. The average Bonchev–Trinajstić information content (AvgIpc) is 3.12. The summed E-state index contributed by atoms with van der Waals surface area (Å²) in [7, 11) is 1.92. The van der Waals surface area contributed by atoms with E-state index in [2.05, 4.69) is 5.32 Å². The molecule has 3 aliphatic heterocycles. The zero-order valence-corrected chi connectivity index (χ0v) is 19.8. The largest absolute Gasteiger partial charge is 0.458 e. The lowest BCUT2D eigenvalue weighted by Gasteiger charge is -2.46. The third-order valence-electron chi connectivity index (χ3n) is 8.63. The van der Waals surface area contributed by atoms with E-state index in [0.717, 1.165) is 40.6 Å². The number of amides is 1. The van der Waals surface area contributed by atoms with Crippen LogP contribution in [0.1, 0.15) is 67.1 Å². The second-order valence-electron chi connectivity index (χ2n) is 10.2. The molecule has 1 unspecified atom stereocenters. The van der Waals surface area contributed by atoms with Crippen LogP contribution in [-0.4, -0.2) is 46.1 Å². The molecule has 8 heteroatoms. The fourth-order valence-electron chi connectivity index (χ4n) is 6.63. The molecule has 2 N–H and O–H groups in total. The molecular weight excluding hydrogens is 437 g/mol. The smallest absolute Gasteiger partial charge is 0.342 e. The number of hydrogen-bond donors (Lipinski definition) is 2. The second kappa shape index (κ2) is 6.86. The predicted octanol–water partition coefficient (Wildman–Crippen LogP) is 2.84. The molecule has 2 aromatic rings. The van der Waals surface area contributed by atoms with Crippen molar-refractivity contribution in [3.63, 3.8) is 0 Å². The summed E-state index contributed by atoms with van der Waals surface area (Å²) in [6, 6.07) is 1.56. The third-order valence-corrected chi connectivity index (χ3v) is 8.63. The molecule has 178 valence electrons. The molecule has 0 spiro atoms. The number of aliphatic hydroxyl groups is 1. The van der Waals surface area contributed by atoms with E-state index in [1.807, 2.05) is 20.9 Å². The first-order valence-electron chi connectivity index (χ1n) is 11.9. The molecule has 0 saturated carbocycles. The Morgan fingerprint density at radius 2 is 2.12 bits per heavy atom. The van der Waals surface area contributed by atoms with E-state index < -0.39 is 17.1 Å². The summed E-state index contributed by atoms with van der Waals surface area (Å²) in [4.78, 5) is 33.0. The fraction of sp³-hybridized carbons (Fsp3) is 0.500. The number of benzene rings is 1. The van der Waals surface area contributed by atoms with Gasteiger partial charge in [-0.05, 0) is 62.4 Å². The molecule has 6 rings (SSSR count). The van der Waals surface area contributed by atoms with Gasteiger partial charge in [0, 0.05) is 36.0 Å². The molecule has 1 aromatic heterocycles. The predicted molar refractivity (Wildman–Crippen MR) is 122 cm³/mol. The monoisotopic (exact) mass is 465 g/mol. The van der Waals surface area contributed by atoms with Crippen LogP contribution in [0.15, 0.2) is 17.2 Å². The first-order chi connectivity index (χ1) is 16.2. The molecule has 1 aliphatic carbocycles. The summed E-state index contributed by atoms with van der Waals surface area (Å²) in [6.07, 6.45) is 1.99. The number of fused-ring (bicyclic) bond motifs is 4. The topological polar surface area (TPSA) is 91.8 Å². The van der Waals surface area contributed by atoms with Gasteiger partial charge in [-0.3, -0.25) is 4.79 Å². The minimum Gasteiger partial charge on any atom is -0.458 e. The van der Waals surface area contributed by atoms with Gasteiger partial charge >= 0.3 is 5.97 Å². The molecule has 7 nitrogen and oxygen atoms in total. The normalized spacial score (nSPS) is 29.8. The number of ether oxygens (including phenoxy) is 1. The minimum absolute atomic E-state index is 0.0664. The van der Waals surface area contributed by atoms with Crippen LogP contribution in [0.4, 0.5) is 4.39 Å². The van der Waals surface area contributed by atoms with Gasteiger partial charge in [0.05, 0.1) is 22.3 Å². The van der Waals surface area contributed by atoms with Gasteiger partial charge in [0.15, 0.2) is 5.60 Å². The van der Waals surface area contributed by atoms with Crippen molar-refractivity contribution in [3.05, 3.63) is 51.0 Å². The van der Waals surface area contributed by atoms with E-state index in [0.29, 0.717) is 28.8 Å². The number of carbonyl (C=O) groups excluding carboxylic acids is 2. The van der Waals surface area contributed by atoms with Crippen LogP contribution in [0.3, 0.4) is 0 Å². The van der Waals surface area contributed by atoms with Crippen LogP contribution in [0.5, 0.6) is 0 Å². The van der Waals surface area contributed by atoms with Gasteiger partial charge in [-0.2, -0.15) is 0 Å². The van der Waals surface area contributed by atoms with Crippen molar-refractivity contribution in [1.82, 2.24) is 15.2 Å². The van der Waals surface area contributed by atoms with Crippen molar-refractivity contribution in [3.8, 4) is 0 Å². The molecule has 4 heterocycles. The van der Waals surface area contributed by atoms with Crippen molar-refractivity contribution in [2.24, 2.45) is 0 Å². The Labute approximate surface area is 197 Å². The Balaban J connectivity index is 1.62. The zero-order chi connectivity index (χ0) is 24.2. The molecule has 1 aromatic carbocycles.